The molecule has 0 aromatic heterocycles. The van der Waals surface area contributed by atoms with E-state index in [1.54, 1.807) is 32.0 Å². The van der Waals surface area contributed by atoms with Gasteiger partial charge in [0.2, 0.25) is 0 Å². The highest BCUT2D eigenvalue weighted by atomic mass is 79.9. The van der Waals surface area contributed by atoms with Gasteiger partial charge in [0.15, 0.2) is 0 Å². The Balaban J connectivity index is 2.72. The van der Waals surface area contributed by atoms with E-state index in [1.807, 2.05) is 0 Å². The molecule has 1 aromatic carbocycles. The molecule has 0 aliphatic rings. The molecule has 4 nitrogen and oxygen atoms in total. The summed E-state index contributed by atoms with van der Waals surface area (Å²) in [5.41, 5.74) is 0.0321. The summed E-state index contributed by atoms with van der Waals surface area (Å²) in [5.74, 6) is 0.293. The van der Waals surface area contributed by atoms with Gasteiger partial charge < -0.3 is 14.6 Å². The summed E-state index contributed by atoms with van der Waals surface area (Å²) in [6.07, 6.45) is 0. The van der Waals surface area contributed by atoms with Crippen LogP contribution in [0, 0.1) is 5.41 Å². The van der Waals surface area contributed by atoms with Gasteiger partial charge in [-0.1, -0.05) is 15.9 Å². The molecule has 0 fully saturated rings. The van der Waals surface area contributed by atoms with E-state index < -0.39 is 5.41 Å². The lowest BCUT2D eigenvalue weighted by atomic mass is 9.95. The summed E-state index contributed by atoms with van der Waals surface area (Å²) in [6.45, 7) is 3.65. The molecule has 0 amide bonds. The third-order valence-corrected chi connectivity index (χ3v) is 3.30. The van der Waals surface area contributed by atoms with Crippen LogP contribution in [0.1, 0.15) is 19.4 Å². The van der Waals surface area contributed by atoms with Gasteiger partial charge in [0.05, 0.1) is 19.1 Å². The lowest BCUT2D eigenvalue weighted by Crippen LogP contribution is -2.32. The summed E-state index contributed by atoms with van der Waals surface area (Å²) >= 11 is 3.33. The predicted octanol–water partition coefficient (Wildman–Crippen LogP) is 2.52. The van der Waals surface area contributed by atoms with E-state index in [-0.39, 0.29) is 19.2 Å². The lowest BCUT2D eigenvalue weighted by Gasteiger charge is -2.21. The van der Waals surface area contributed by atoms with Crippen LogP contribution in [0.5, 0.6) is 5.75 Å². The maximum Gasteiger partial charge on any atom is 0.314 e. The first-order valence-corrected chi connectivity index (χ1v) is 6.30. The van der Waals surface area contributed by atoms with Crippen LogP contribution < -0.4 is 4.74 Å². The molecule has 5 heteroatoms. The first-order valence-electron chi connectivity index (χ1n) is 5.51. The van der Waals surface area contributed by atoms with Crippen molar-refractivity contribution in [3.05, 3.63) is 28.2 Å². The topological polar surface area (TPSA) is 55.8 Å². The van der Waals surface area contributed by atoms with Crippen LogP contribution in [0.4, 0.5) is 0 Å². The van der Waals surface area contributed by atoms with Crippen molar-refractivity contribution >= 4 is 21.9 Å². The molecule has 0 spiro atoms. The fourth-order valence-corrected chi connectivity index (χ4v) is 1.73. The van der Waals surface area contributed by atoms with Gasteiger partial charge in [-0.2, -0.15) is 0 Å². The minimum Gasteiger partial charge on any atom is -0.492 e. The quantitative estimate of drug-likeness (QED) is 0.848. The molecule has 0 aliphatic heterocycles. The molecule has 100 valence electrons. The molecule has 0 saturated carbocycles. The number of benzene rings is 1. The average molecular weight is 317 g/mol. The van der Waals surface area contributed by atoms with Gasteiger partial charge in [-0.15, -0.1) is 0 Å². The fourth-order valence-electron chi connectivity index (χ4n) is 1.36. The number of halogens is 1. The molecule has 1 N–H and O–H groups in total. The predicted molar refractivity (Wildman–Crippen MR) is 71.4 cm³/mol. The van der Waals surface area contributed by atoms with Crippen LogP contribution in [0.15, 0.2) is 22.7 Å². The van der Waals surface area contributed by atoms with Gasteiger partial charge >= 0.3 is 5.97 Å². The van der Waals surface area contributed by atoms with E-state index in [2.05, 4.69) is 15.9 Å². The maximum atomic E-state index is 11.5. The fraction of sp³-hybridized carbons (Fsp3) is 0.462. The largest absolute Gasteiger partial charge is 0.492 e. The van der Waals surface area contributed by atoms with Crippen molar-refractivity contribution in [2.45, 2.75) is 20.5 Å². The SMILES string of the molecule is COC(=O)C(C)(C)COc1ccc(Br)c(CO)c1. The number of rotatable bonds is 5. The van der Waals surface area contributed by atoms with Gasteiger partial charge in [0.1, 0.15) is 12.4 Å². The Kier molecular flexibility index (Phi) is 5.16. The van der Waals surface area contributed by atoms with Crippen molar-refractivity contribution in [3.8, 4) is 5.75 Å². The summed E-state index contributed by atoms with van der Waals surface area (Å²) in [4.78, 5) is 11.5. The molecular formula is C13H17BrO4. The van der Waals surface area contributed by atoms with E-state index >= 15 is 0 Å². The van der Waals surface area contributed by atoms with Crippen LogP contribution >= 0.6 is 15.9 Å². The first kappa shape index (κ1) is 15.0. The van der Waals surface area contributed by atoms with Crippen molar-refractivity contribution in [2.75, 3.05) is 13.7 Å². The highest BCUT2D eigenvalue weighted by Crippen LogP contribution is 2.25. The van der Waals surface area contributed by atoms with Gasteiger partial charge in [0, 0.05) is 4.47 Å². The molecule has 0 saturated heterocycles. The number of aliphatic hydroxyl groups excluding tert-OH is 1. The third-order valence-electron chi connectivity index (χ3n) is 2.53. The average Bonchev–Trinajstić information content (AvgIpc) is 2.36. The van der Waals surface area contributed by atoms with Crippen LogP contribution in [0.25, 0.3) is 0 Å². The number of carbonyl (C=O) groups is 1. The Bertz CT molecular complexity index is 429. The standard InChI is InChI=1S/C13H17BrO4/c1-13(2,12(16)17-3)8-18-10-4-5-11(14)9(6-10)7-15/h4-6,15H,7-8H2,1-3H3. The van der Waals surface area contributed by atoms with E-state index in [0.29, 0.717) is 5.75 Å². The molecule has 0 unspecified atom stereocenters. The molecule has 1 aromatic rings. The second kappa shape index (κ2) is 6.20. The molecule has 0 atom stereocenters. The van der Waals surface area contributed by atoms with Crippen molar-refractivity contribution < 1.29 is 19.4 Å². The highest BCUT2D eigenvalue weighted by Gasteiger charge is 2.29. The Morgan fingerprint density at radius 3 is 2.67 bits per heavy atom. The maximum absolute atomic E-state index is 11.5. The van der Waals surface area contributed by atoms with E-state index in [4.69, 9.17) is 14.6 Å². The monoisotopic (exact) mass is 316 g/mol. The van der Waals surface area contributed by atoms with Crippen molar-refractivity contribution in [1.82, 2.24) is 0 Å². The Morgan fingerprint density at radius 2 is 2.11 bits per heavy atom. The summed E-state index contributed by atoms with van der Waals surface area (Å²) in [5, 5.41) is 9.14. The molecule has 0 bridgehead atoms. The van der Waals surface area contributed by atoms with Gasteiger partial charge in [-0.25, -0.2) is 0 Å². The van der Waals surface area contributed by atoms with E-state index in [0.717, 1.165) is 10.0 Å². The second-order valence-corrected chi connectivity index (χ2v) is 5.43. The lowest BCUT2D eigenvalue weighted by molar-refractivity contribution is -0.152. The molecule has 0 aliphatic carbocycles. The molecule has 0 heterocycles. The molecule has 0 radical (unpaired) electrons. The van der Waals surface area contributed by atoms with Crippen LogP contribution in [0.2, 0.25) is 0 Å². The smallest absolute Gasteiger partial charge is 0.314 e. The van der Waals surface area contributed by atoms with Crippen LogP contribution in [-0.2, 0) is 16.1 Å². The zero-order valence-corrected chi connectivity index (χ0v) is 12.3. The number of hydrogen-bond acceptors (Lipinski definition) is 4. The zero-order valence-electron chi connectivity index (χ0n) is 10.7. The van der Waals surface area contributed by atoms with Crippen LogP contribution in [-0.4, -0.2) is 24.8 Å². The highest BCUT2D eigenvalue weighted by molar-refractivity contribution is 9.10. The number of ether oxygens (including phenoxy) is 2. The molecule has 18 heavy (non-hydrogen) atoms. The molecule has 1 rings (SSSR count). The van der Waals surface area contributed by atoms with E-state index in [9.17, 15) is 4.79 Å². The Morgan fingerprint density at radius 1 is 1.44 bits per heavy atom. The summed E-state index contributed by atoms with van der Waals surface area (Å²) in [6, 6.07) is 5.31. The van der Waals surface area contributed by atoms with Crippen LogP contribution in [0.3, 0.4) is 0 Å². The third kappa shape index (κ3) is 3.71. The van der Waals surface area contributed by atoms with Gasteiger partial charge in [-0.3, -0.25) is 4.79 Å². The zero-order chi connectivity index (χ0) is 13.8. The Labute approximate surface area is 115 Å². The normalized spacial score (nSPS) is 11.2. The van der Waals surface area contributed by atoms with Gasteiger partial charge in [-0.05, 0) is 37.6 Å². The van der Waals surface area contributed by atoms with E-state index in [1.165, 1.54) is 7.11 Å². The second-order valence-electron chi connectivity index (χ2n) is 4.58. The molecular weight excluding hydrogens is 300 g/mol. The van der Waals surface area contributed by atoms with Crippen molar-refractivity contribution in [3.63, 3.8) is 0 Å². The summed E-state index contributed by atoms with van der Waals surface area (Å²) in [7, 11) is 1.35. The first-order chi connectivity index (χ1) is 8.40. The number of esters is 1. The number of carbonyl (C=O) groups excluding carboxylic acids is 1. The number of hydrogen-bond donors (Lipinski definition) is 1. The van der Waals surface area contributed by atoms with Crippen molar-refractivity contribution in [1.29, 1.82) is 0 Å². The minimum atomic E-state index is -0.707. The summed E-state index contributed by atoms with van der Waals surface area (Å²) < 4.78 is 11.1. The Hall–Kier alpha value is -1.07. The number of aliphatic hydroxyl groups is 1. The number of methoxy groups -OCH3 is 1. The minimum absolute atomic E-state index is 0.0713. The van der Waals surface area contributed by atoms with Crippen molar-refractivity contribution in [2.24, 2.45) is 5.41 Å². The van der Waals surface area contributed by atoms with Gasteiger partial charge in [0.25, 0.3) is 0 Å².